The number of thiophene rings is 1. The van der Waals surface area contributed by atoms with Crippen LogP contribution in [0.5, 0.6) is 0 Å². The molecule has 7 nitrogen and oxygen atoms in total. The minimum Gasteiger partial charge on any atom is -0.480 e. The van der Waals surface area contributed by atoms with Crippen LogP contribution in [0.4, 0.5) is 26.3 Å². The lowest BCUT2D eigenvalue weighted by Gasteiger charge is -2.19. The number of aliphatic carboxylic acids is 1. The van der Waals surface area contributed by atoms with Crippen LogP contribution < -0.4 is 5.32 Å². The second kappa shape index (κ2) is 11.0. The van der Waals surface area contributed by atoms with Crippen LogP contribution in [-0.4, -0.2) is 55.9 Å². The van der Waals surface area contributed by atoms with Gasteiger partial charge in [-0.3, -0.25) is 14.5 Å². The summed E-state index contributed by atoms with van der Waals surface area (Å²) in [5, 5.41) is 21.9. The summed E-state index contributed by atoms with van der Waals surface area (Å²) in [5.41, 5.74) is -3.19. The lowest BCUT2D eigenvalue weighted by molar-refractivity contribution is -0.145. The molecular weight excluding hydrogens is 582 g/mol. The molecule has 2 heterocycles. The Hall–Kier alpha value is -2.95. The summed E-state index contributed by atoms with van der Waals surface area (Å²) >= 11 is 6.85. The Bertz CT molecular complexity index is 1290. The average Bonchev–Trinajstić information content (AvgIpc) is 3.36. The molecular formula is C22H16F6N2O5S3. The number of aliphatic hydroxyl groups is 1. The zero-order valence-corrected chi connectivity index (χ0v) is 21.3. The molecule has 1 aliphatic heterocycles. The highest BCUT2D eigenvalue weighted by Crippen LogP contribution is 2.40. The molecule has 2 aromatic rings. The molecule has 1 fully saturated rings. The van der Waals surface area contributed by atoms with Gasteiger partial charge in [0.1, 0.15) is 10.9 Å². The number of thioether (sulfide) groups is 1. The molecule has 0 spiro atoms. The van der Waals surface area contributed by atoms with Crippen LogP contribution in [0.25, 0.3) is 17.2 Å². The van der Waals surface area contributed by atoms with Gasteiger partial charge in [-0.2, -0.15) is 26.3 Å². The van der Waals surface area contributed by atoms with E-state index in [2.05, 4.69) is 5.32 Å². The molecule has 1 aromatic carbocycles. The van der Waals surface area contributed by atoms with Crippen molar-refractivity contribution in [2.45, 2.75) is 31.4 Å². The maximum absolute atomic E-state index is 13.2. The lowest BCUT2D eigenvalue weighted by Crippen LogP contribution is -2.51. The highest BCUT2D eigenvalue weighted by molar-refractivity contribution is 8.26. The van der Waals surface area contributed by atoms with E-state index < -0.39 is 60.0 Å². The third-order valence-corrected chi connectivity index (χ3v) is 7.31. The number of carboxylic acid groups (broad SMARTS) is 1. The molecule has 1 aromatic heterocycles. The number of thiocarbonyl (C=S) groups is 1. The van der Waals surface area contributed by atoms with Gasteiger partial charge in [-0.25, -0.2) is 4.79 Å². The molecule has 1 aliphatic rings. The van der Waals surface area contributed by atoms with Gasteiger partial charge in [-0.1, -0.05) is 24.0 Å². The van der Waals surface area contributed by atoms with Gasteiger partial charge in [0.25, 0.3) is 5.91 Å². The number of carboxylic acids is 1. The van der Waals surface area contributed by atoms with Gasteiger partial charge in [0.05, 0.1) is 22.1 Å². The molecule has 3 rings (SSSR count). The van der Waals surface area contributed by atoms with E-state index in [0.717, 1.165) is 34.9 Å². The average molecular weight is 599 g/mol. The number of carbonyl (C=O) groups is 3. The smallest absolute Gasteiger partial charge is 0.416 e. The minimum absolute atomic E-state index is 0.0259. The molecule has 0 bridgehead atoms. The number of nitrogens with one attached hydrogen (secondary N) is 1. The Morgan fingerprint density at radius 1 is 1.08 bits per heavy atom. The van der Waals surface area contributed by atoms with Crippen molar-refractivity contribution < 1.29 is 50.9 Å². The molecule has 16 heteroatoms. The van der Waals surface area contributed by atoms with Crippen LogP contribution in [0.1, 0.15) is 22.9 Å². The fourth-order valence-electron chi connectivity index (χ4n) is 3.22. The predicted octanol–water partition coefficient (Wildman–Crippen LogP) is 4.60. The normalized spacial score (nSPS) is 17.2. The number of carbonyl (C=O) groups excluding carboxylic acids is 2. The maximum atomic E-state index is 13.2. The van der Waals surface area contributed by atoms with Crippen LogP contribution in [-0.2, 0) is 26.7 Å². The third-order valence-electron chi connectivity index (χ3n) is 5.05. The summed E-state index contributed by atoms with van der Waals surface area (Å²) in [6.45, 7) is 0.513. The zero-order valence-electron chi connectivity index (χ0n) is 18.9. The number of halogens is 6. The Balaban J connectivity index is 1.82. The van der Waals surface area contributed by atoms with E-state index in [4.69, 9.17) is 17.3 Å². The van der Waals surface area contributed by atoms with Crippen LogP contribution in [0, 0.1) is 0 Å². The standard InChI is InChI=1S/C22H16F6N2O5S3/c1-9(31)17(19(34)35)29-16(32)7-30-18(33)15(38-20(30)36)6-14-4-11(8-37-14)10-2-12(21(23,24)25)5-13(3-10)22(26,27)28/h2-6,8-9,17,31H,7H2,1H3,(H,29,32)(H,34,35)/t9-,17+/m1/s1. The highest BCUT2D eigenvalue weighted by Gasteiger charge is 2.37. The first kappa shape index (κ1) is 29.6. The zero-order chi connectivity index (χ0) is 28.6. The summed E-state index contributed by atoms with van der Waals surface area (Å²) in [7, 11) is 0. The summed E-state index contributed by atoms with van der Waals surface area (Å²) in [5.74, 6) is -3.11. The molecule has 1 saturated heterocycles. The summed E-state index contributed by atoms with van der Waals surface area (Å²) in [4.78, 5) is 37.3. The lowest BCUT2D eigenvalue weighted by atomic mass is 10.0. The molecule has 38 heavy (non-hydrogen) atoms. The predicted molar refractivity (Wildman–Crippen MR) is 131 cm³/mol. The number of nitrogens with zero attached hydrogens (tertiary/aromatic N) is 1. The van der Waals surface area contributed by atoms with Gasteiger partial charge in [0.2, 0.25) is 5.91 Å². The van der Waals surface area contributed by atoms with Crippen LogP contribution in [0.3, 0.4) is 0 Å². The number of rotatable bonds is 7. The van der Waals surface area contributed by atoms with Crippen molar-refractivity contribution in [3.05, 3.63) is 50.6 Å². The molecule has 0 radical (unpaired) electrons. The monoisotopic (exact) mass is 598 g/mol. The van der Waals surface area contributed by atoms with Crippen molar-refractivity contribution in [3.63, 3.8) is 0 Å². The Labute approximate surface area is 224 Å². The van der Waals surface area contributed by atoms with Gasteiger partial charge in [0, 0.05) is 4.88 Å². The van der Waals surface area contributed by atoms with Crippen molar-refractivity contribution in [2.75, 3.05) is 6.54 Å². The van der Waals surface area contributed by atoms with Crippen LogP contribution in [0.2, 0.25) is 0 Å². The molecule has 0 saturated carbocycles. The van der Waals surface area contributed by atoms with E-state index in [-0.39, 0.29) is 26.4 Å². The van der Waals surface area contributed by atoms with E-state index in [9.17, 15) is 45.8 Å². The van der Waals surface area contributed by atoms with E-state index in [1.807, 2.05) is 0 Å². The van der Waals surface area contributed by atoms with Crippen molar-refractivity contribution >= 4 is 63.5 Å². The number of hydrogen-bond donors (Lipinski definition) is 3. The molecule has 204 valence electrons. The molecule has 2 atom stereocenters. The summed E-state index contributed by atoms with van der Waals surface area (Å²) in [6.07, 6.45) is -10.1. The second-order valence-electron chi connectivity index (χ2n) is 7.92. The van der Waals surface area contributed by atoms with E-state index in [1.54, 1.807) is 0 Å². The Morgan fingerprint density at radius 2 is 1.66 bits per heavy atom. The SMILES string of the molecule is C[C@@H](O)[C@H](NC(=O)CN1C(=O)C(=Cc2cc(-c3cc(C(F)(F)F)cc(C(F)(F)F)c3)cs2)SC1=S)C(=O)O. The minimum atomic E-state index is -5.01. The number of alkyl halides is 6. The van der Waals surface area contributed by atoms with Gasteiger partial charge < -0.3 is 15.5 Å². The second-order valence-corrected chi connectivity index (χ2v) is 10.5. The van der Waals surface area contributed by atoms with Crippen LogP contribution in [0.15, 0.2) is 34.6 Å². The quantitative estimate of drug-likeness (QED) is 0.243. The van der Waals surface area contributed by atoms with E-state index >= 15 is 0 Å². The molecule has 3 N–H and O–H groups in total. The van der Waals surface area contributed by atoms with E-state index in [0.29, 0.717) is 17.0 Å². The van der Waals surface area contributed by atoms with Gasteiger partial charge >= 0.3 is 18.3 Å². The Morgan fingerprint density at radius 3 is 2.16 bits per heavy atom. The fraction of sp³-hybridized carbons (Fsp3) is 0.273. The highest BCUT2D eigenvalue weighted by atomic mass is 32.2. The number of aliphatic hydroxyl groups excluding tert-OH is 1. The maximum Gasteiger partial charge on any atom is 0.416 e. The number of benzene rings is 1. The molecule has 0 unspecified atom stereocenters. The van der Waals surface area contributed by atoms with Crippen molar-refractivity contribution in [1.29, 1.82) is 0 Å². The molecule has 0 aliphatic carbocycles. The van der Waals surface area contributed by atoms with Crippen molar-refractivity contribution in [3.8, 4) is 11.1 Å². The first-order valence-corrected chi connectivity index (χ1v) is 12.4. The van der Waals surface area contributed by atoms with Crippen molar-refractivity contribution in [2.24, 2.45) is 0 Å². The fourth-order valence-corrected chi connectivity index (χ4v) is 5.39. The third kappa shape index (κ3) is 6.92. The number of amides is 2. The van der Waals surface area contributed by atoms with Gasteiger partial charge in [-0.15, -0.1) is 11.3 Å². The van der Waals surface area contributed by atoms with E-state index in [1.165, 1.54) is 17.5 Å². The Kier molecular flexibility index (Phi) is 8.60. The summed E-state index contributed by atoms with van der Waals surface area (Å²) in [6, 6.07) is 0.903. The van der Waals surface area contributed by atoms with Gasteiger partial charge in [0.15, 0.2) is 6.04 Å². The number of hydrogen-bond acceptors (Lipinski definition) is 7. The van der Waals surface area contributed by atoms with Crippen LogP contribution >= 0.6 is 35.3 Å². The molecule has 2 amide bonds. The largest absolute Gasteiger partial charge is 0.480 e. The first-order chi connectivity index (χ1) is 17.5. The van der Waals surface area contributed by atoms with Crippen molar-refractivity contribution in [1.82, 2.24) is 10.2 Å². The first-order valence-electron chi connectivity index (χ1n) is 10.3. The van der Waals surface area contributed by atoms with Gasteiger partial charge in [-0.05, 0) is 53.8 Å². The topological polar surface area (TPSA) is 107 Å². The summed E-state index contributed by atoms with van der Waals surface area (Å²) < 4.78 is 79.1.